The molecule has 21 heavy (non-hydrogen) atoms. The van der Waals surface area contributed by atoms with Gasteiger partial charge < -0.3 is 15.2 Å². The highest BCUT2D eigenvalue weighted by atomic mass is 32.2. The van der Waals surface area contributed by atoms with Crippen molar-refractivity contribution in [1.82, 2.24) is 4.72 Å². The Morgan fingerprint density at radius 1 is 1.29 bits per heavy atom. The third kappa shape index (κ3) is 5.18. The monoisotopic (exact) mass is 316 g/mol. The molecule has 7 heteroatoms. The van der Waals surface area contributed by atoms with Gasteiger partial charge in [-0.25, -0.2) is 13.1 Å². The van der Waals surface area contributed by atoms with Gasteiger partial charge >= 0.3 is 0 Å². The summed E-state index contributed by atoms with van der Waals surface area (Å²) in [6, 6.07) is 4.47. The average molecular weight is 316 g/mol. The maximum atomic E-state index is 12.4. The molecule has 1 aromatic rings. The molecule has 0 saturated heterocycles. The first-order chi connectivity index (χ1) is 9.72. The van der Waals surface area contributed by atoms with Crippen molar-refractivity contribution < 1.29 is 17.9 Å². The number of benzene rings is 1. The van der Waals surface area contributed by atoms with E-state index in [1.54, 1.807) is 7.11 Å². The lowest BCUT2D eigenvalue weighted by atomic mass is 9.90. The van der Waals surface area contributed by atoms with E-state index in [2.05, 4.69) is 4.72 Å². The molecular formula is C14H24N2O4S. The second kappa shape index (κ2) is 7.11. The van der Waals surface area contributed by atoms with Crippen molar-refractivity contribution in [3.05, 3.63) is 18.2 Å². The Hall–Kier alpha value is -1.31. The first-order valence-corrected chi connectivity index (χ1v) is 8.12. The molecule has 0 radical (unpaired) electrons. The summed E-state index contributed by atoms with van der Waals surface area (Å²) in [4.78, 5) is 0.0849. The predicted molar refractivity (Wildman–Crippen MR) is 82.9 cm³/mol. The van der Waals surface area contributed by atoms with E-state index in [9.17, 15) is 8.42 Å². The molecule has 0 heterocycles. The van der Waals surface area contributed by atoms with Gasteiger partial charge in [0.25, 0.3) is 0 Å². The minimum atomic E-state index is -3.65. The Labute approximate surface area is 126 Å². The molecule has 0 amide bonds. The SMILES string of the molecule is COCCC(C)(C)CNS(=O)(=O)c1ccc(N)cc1OC. The minimum absolute atomic E-state index is 0.0849. The molecule has 0 aromatic heterocycles. The van der Waals surface area contributed by atoms with Crippen LogP contribution < -0.4 is 15.2 Å². The Balaban J connectivity index is 2.87. The standard InChI is InChI=1S/C14H24N2O4S/c1-14(2,7-8-19-3)10-16-21(17,18)13-6-5-11(15)9-12(13)20-4/h5-6,9,16H,7-8,10,15H2,1-4H3. The van der Waals surface area contributed by atoms with Crippen LogP contribution >= 0.6 is 0 Å². The number of anilines is 1. The molecule has 0 aliphatic heterocycles. The fourth-order valence-electron chi connectivity index (χ4n) is 1.74. The molecule has 0 fully saturated rings. The molecule has 1 aromatic carbocycles. The Morgan fingerprint density at radius 2 is 1.95 bits per heavy atom. The third-order valence-electron chi connectivity index (χ3n) is 3.20. The quantitative estimate of drug-likeness (QED) is 0.711. The van der Waals surface area contributed by atoms with Crippen molar-refractivity contribution >= 4 is 15.7 Å². The average Bonchev–Trinajstić information content (AvgIpc) is 2.43. The molecule has 0 aliphatic rings. The maximum Gasteiger partial charge on any atom is 0.244 e. The van der Waals surface area contributed by atoms with Crippen LogP contribution in [0.15, 0.2) is 23.1 Å². The number of hydrogen-bond acceptors (Lipinski definition) is 5. The number of rotatable bonds is 8. The van der Waals surface area contributed by atoms with E-state index in [-0.39, 0.29) is 16.1 Å². The Morgan fingerprint density at radius 3 is 2.52 bits per heavy atom. The summed E-state index contributed by atoms with van der Waals surface area (Å²) in [6.45, 7) is 4.86. The molecule has 0 saturated carbocycles. The maximum absolute atomic E-state index is 12.4. The highest BCUT2D eigenvalue weighted by molar-refractivity contribution is 7.89. The van der Waals surface area contributed by atoms with Gasteiger partial charge in [0.15, 0.2) is 0 Å². The van der Waals surface area contributed by atoms with E-state index >= 15 is 0 Å². The number of hydrogen-bond donors (Lipinski definition) is 2. The highest BCUT2D eigenvalue weighted by Crippen LogP contribution is 2.27. The Bertz CT molecular complexity index is 570. The van der Waals surface area contributed by atoms with E-state index in [1.807, 2.05) is 13.8 Å². The number of nitrogens with one attached hydrogen (secondary N) is 1. The fraction of sp³-hybridized carbons (Fsp3) is 0.571. The van der Waals surface area contributed by atoms with E-state index in [4.69, 9.17) is 15.2 Å². The molecule has 0 spiro atoms. The van der Waals surface area contributed by atoms with Gasteiger partial charge in [-0.3, -0.25) is 0 Å². The van der Waals surface area contributed by atoms with Crippen LogP contribution in [0.4, 0.5) is 5.69 Å². The molecule has 0 atom stereocenters. The van der Waals surface area contributed by atoms with Gasteiger partial charge in [0.2, 0.25) is 10.0 Å². The summed E-state index contributed by atoms with van der Waals surface area (Å²) in [7, 11) is -0.612. The normalized spacial score (nSPS) is 12.4. The molecule has 0 unspecified atom stereocenters. The second-order valence-corrected chi connectivity index (χ2v) is 7.38. The zero-order chi connectivity index (χ0) is 16.1. The van der Waals surface area contributed by atoms with Crippen LogP contribution in [-0.2, 0) is 14.8 Å². The van der Waals surface area contributed by atoms with Crippen LogP contribution in [0.3, 0.4) is 0 Å². The van der Waals surface area contributed by atoms with Crippen LogP contribution in [0.25, 0.3) is 0 Å². The number of ether oxygens (including phenoxy) is 2. The van der Waals surface area contributed by atoms with Crippen molar-refractivity contribution in [2.24, 2.45) is 5.41 Å². The summed E-state index contributed by atoms with van der Waals surface area (Å²) < 4.78 is 37.5. The zero-order valence-electron chi connectivity index (χ0n) is 13.0. The lowest BCUT2D eigenvalue weighted by Gasteiger charge is -2.24. The third-order valence-corrected chi connectivity index (χ3v) is 4.64. The molecular weight excluding hydrogens is 292 g/mol. The van der Waals surface area contributed by atoms with Gasteiger partial charge in [-0.15, -0.1) is 0 Å². The number of nitrogens with two attached hydrogens (primary N) is 1. The Kier molecular flexibility index (Phi) is 6.00. The summed E-state index contributed by atoms with van der Waals surface area (Å²) in [6.07, 6.45) is 0.755. The molecule has 120 valence electrons. The second-order valence-electron chi connectivity index (χ2n) is 5.64. The lowest BCUT2D eigenvalue weighted by Crippen LogP contribution is -2.34. The summed E-state index contributed by atoms with van der Waals surface area (Å²) >= 11 is 0. The number of sulfonamides is 1. The molecule has 0 bridgehead atoms. The van der Waals surface area contributed by atoms with Crippen LogP contribution in [0.5, 0.6) is 5.75 Å². The molecule has 0 aliphatic carbocycles. The molecule has 6 nitrogen and oxygen atoms in total. The summed E-state index contributed by atoms with van der Waals surface area (Å²) in [5, 5.41) is 0. The minimum Gasteiger partial charge on any atom is -0.495 e. The first-order valence-electron chi connectivity index (χ1n) is 6.64. The zero-order valence-corrected chi connectivity index (χ0v) is 13.8. The van der Waals surface area contributed by atoms with Crippen molar-refractivity contribution in [2.45, 2.75) is 25.2 Å². The van der Waals surface area contributed by atoms with Gasteiger partial charge in [-0.1, -0.05) is 13.8 Å². The lowest BCUT2D eigenvalue weighted by molar-refractivity contribution is 0.153. The van der Waals surface area contributed by atoms with Gasteiger partial charge in [0, 0.05) is 32.0 Å². The van der Waals surface area contributed by atoms with Crippen LogP contribution in [0.1, 0.15) is 20.3 Å². The van der Waals surface area contributed by atoms with Crippen molar-refractivity contribution in [3.8, 4) is 5.75 Å². The van der Waals surface area contributed by atoms with Gasteiger partial charge in [0.05, 0.1) is 7.11 Å². The van der Waals surface area contributed by atoms with Gasteiger partial charge in [-0.2, -0.15) is 0 Å². The van der Waals surface area contributed by atoms with Gasteiger partial charge in [-0.05, 0) is 24.0 Å². The summed E-state index contributed by atoms with van der Waals surface area (Å²) in [5.74, 6) is 0.234. The van der Waals surface area contributed by atoms with Crippen molar-refractivity contribution in [1.29, 1.82) is 0 Å². The summed E-state index contributed by atoms with van der Waals surface area (Å²) in [5.41, 5.74) is 5.88. The van der Waals surface area contributed by atoms with Crippen LogP contribution in [0.2, 0.25) is 0 Å². The van der Waals surface area contributed by atoms with Crippen LogP contribution in [0, 0.1) is 5.41 Å². The number of methoxy groups -OCH3 is 2. The van der Waals surface area contributed by atoms with Crippen molar-refractivity contribution in [2.75, 3.05) is 33.1 Å². The number of nitrogen functional groups attached to an aromatic ring is 1. The highest BCUT2D eigenvalue weighted by Gasteiger charge is 2.24. The van der Waals surface area contributed by atoms with E-state index < -0.39 is 10.0 Å². The van der Waals surface area contributed by atoms with Crippen LogP contribution in [-0.4, -0.2) is 35.8 Å². The van der Waals surface area contributed by atoms with E-state index in [0.29, 0.717) is 18.8 Å². The topological polar surface area (TPSA) is 90.7 Å². The predicted octanol–water partition coefficient (Wildman–Crippen LogP) is 1.62. The smallest absolute Gasteiger partial charge is 0.244 e. The first kappa shape index (κ1) is 17.7. The van der Waals surface area contributed by atoms with Gasteiger partial charge in [0.1, 0.15) is 10.6 Å². The fourth-order valence-corrected chi connectivity index (χ4v) is 3.13. The largest absolute Gasteiger partial charge is 0.495 e. The van der Waals surface area contributed by atoms with Crippen molar-refractivity contribution in [3.63, 3.8) is 0 Å². The van der Waals surface area contributed by atoms with E-state index in [1.165, 1.54) is 25.3 Å². The molecule has 3 N–H and O–H groups in total. The molecule has 1 rings (SSSR count). The van der Waals surface area contributed by atoms with E-state index in [0.717, 1.165) is 6.42 Å².